The van der Waals surface area contributed by atoms with Crippen LogP contribution in [0.2, 0.25) is 0 Å². The van der Waals surface area contributed by atoms with E-state index in [0.717, 1.165) is 12.1 Å². The van der Waals surface area contributed by atoms with E-state index >= 15 is 0 Å². The molecule has 28 heavy (non-hydrogen) atoms. The van der Waals surface area contributed by atoms with Gasteiger partial charge in [0.1, 0.15) is 17.5 Å². The van der Waals surface area contributed by atoms with Crippen LogP contribution in [0.15, 0.2) is 30.3 Å². The zero-order valence-electron chi connectivity index (χ0n) is 15.1. The number of primary amides is 1. The molecule has 0 fully saturated rings. The Morgan fingerprint density at radius 1 is 1.21 bits per heavy atom. The number of carbonyl (C=O) groups is 3. The van der Waals surface area contributed by atoms with Crippen LogP contribution in [0.5, 0.6) is 11.5 Å². The summed E-state index contributed by atoms with van der Waals surface area (Å²) in [5.41, 5.74) is 5.65. The lowest BCUT2D eigenvalue weighted by molar-refractivity contribution is -0.118. The van der Waals surface area contributed by atoms with E-state index in [9.17, 15) is 18.8 Å². The topological polar surface area (TPSA) is 117 Å². The van der Waals surface area contributed by atoms with Crippen LogP contribution >= 0.6 is 0 Å². The van der Waals surface area contributed by atoms with Crippen LogP contribution in [0.1, 0.15) is 38.8 Å². The molecular weight excluding hydrogens is 371 g/mol. The highest BCUT2D eigenvalue weighted by molar-refractivity contribution is 6.00. The summed E-state index contributed by atoms with van der Waals surface area (Å²) in [5.74, 6) is -2.26. The largest absolute Gasteiger partial charge is 0.493 e. The van der Waals surface area contributed by atoms with E-state index in [2.05, 4.69) is 5.32 Å². The Morgan fingerprint density at radius 2 is 1.96 bits per heavy atom. The number of esters is 1. The summed E-state index contributed by atoms with van der Waals surface area (Å²) in [6.07, 6.45) is -1.00. The number of amides is 2. The van der Waals surface area contributed by atoms with Crippen LogP contribution < -0.4 is 20.5 Å². The molecular formula is C19H17FN2O6. The van der Waals surface area contributed by atoms with Gasteiger partial charge in [-0.05, 0) is 24.3 Å². The zero-order chi connectivity index (χ0) is 20.4. The Morgan fingerprint density at radius 3 is 2.61 bits per heavy atom. The van der Waals surface area contributed by atoms with E-state index < -0.39 is 29.7 Å². The number of fused-ring (bicyclic) bond motifs is 1. The number of halogens is 1. The van der Waals surface area contributed by atoms with Crippen LogP contribution in [0, 0.1) is 5.82 Å². The highest BCUT2D eigenvalue weighted by Crippen LogP contribution is 2.43. The third-order valence-electron chi connectivity index (χ3n) is 4.26. The van der Waals surface area contributed by atoms with E-state index in [1.54, 1.807) is 12.1 Å². The SMILES string of the molecule is COc1ccc2c(c1OC)C(=O)O[C@@H]2CC(=O)Nc1ccc(F)c(C(N)=O)c1. The molecule has 1 atom stereocenters. The van der Waals surface area contributed by atoms with Crippen molar-refractivity contribution in [2.45, 2.75) is 12.5 Å². The minimum absolute atomic E-state index is 0.183. The maximum absolute atomic E-state index is 13.5. The molecule has 0 saturated carbocycles. The van der Waals surface area contributed by atoms with Gasteiger partial charge in [-0.3, -0.25) is 9.59 Å². The summed E-state index contributed by atoms with van der Waals surface area (Å²) in [4.78, 5) is 35.8. The second-order valence-corrected chi connectivity index (χ2v) is 5.97. The summed E-state index contributed by atoms with van der Waals surface area (Å²) >= 11 is 0. The molecule has 8 nitrogen and oxygen atoms in total. The van der Waals surface area contributed by atoms with Crippen molar-refractivity contribution in [2.75, 3.05) is 19.5 Å². The van der Waals surface area contributed by atoms with Crippen molar-refractivity contribution in [3.05, 3.63) is 52.8 Å². The smallest absolute Gasteiger partial charge is 0.343 e. The van der Waals surface area contributed by atoms with Gasteiger partial charge in [-0.25, -0.2) is 9.18 Å². The maximum Gasteiger partial charge on any atom is 0.343 e. The Bertz CT molecular complexity index is 975. The summed E-state index contributed by atoms with van der Waals surface area (Å²) in [6.45, 7) is 0. The number of hydrogen-bond donors (Lipinski definition) is 2. The van der Waals surface area contributed by atoms with Gasteiger partial charge in [0.2, 0.25) is 5.91 Å². The molecule has 9 heteroatoms. The Kier molecular flexibility index (Phi) is 5.16. The first-order chi connectivity index (χ1) is 13.3. The number of benzene rings is 2. The number of nitrogens with two attached hydrogens (primary N) is 1. The van der Waals surface area contributed by atoms with Gasteiger partial charge in [0.25, 0.3) is 5.91 Å². The molecule has 0 saturated heterocycles. The molecule has 0 radical (unpaired) electrons. The van der Waals surface area contributed by atoms with Crippen molar-refractivity contribution in [1.29, 1.82) is 0 Å². The third kappa shape index (κ3) is 3.46. The molecule has 1 heterocycles. The lowest BCUT2D eigenvalue weighted by atomic mass is 10.0. The van der Waals surface area contributed by atoms with Crippen LogP contribution in [0.4, 0.5) is 10.1 Å². The quantitative estimate of drug-likeness (QED) is 0.733. The first kappa shape index (κ1) is 19.2. The van der Waals surface area contributed by atoms with Gasteiger partial charge in [0.05, 0.1) is 26.2 Å². The predicted octanol–water partition coefficient (Wildman–Crippen LogP) is 2.18. The van der Waals surface area contributed by atoms with Gasteiger partial charge in [0, 0.05) is 11.3 Å². The minimum Gasteiger partial charge on any atom is -0.493 e. The normalized spacial score (nSPS) is 14.8. The molecule has 3 N–H and O–H groups in total. The fourth-order valence-electron chi connectivity index (χ4n) is 3.00. The molecule has 0 aliphatic carbocycles. The molecule has 0 aromatic heterocycles. The summed E-state index contributed by atoms with van der Waals surface area (Å²) in [5, 5.41) is 2.53. The Balaban J connectivity index is 1.79. The van der Waals surface area contributed by atoms with Gasteiger partial charge >= 0.3 is 5.97 Å². The lowest BCUT2D eigenvalue weighted by Gasteiger charge is -2.13. The average Bonchev–Trinajstić information content (AvgIpc) is 2.97. The Labute approximate surface area is 159 Å². The van der Waals surface area contributed by atoms with Crippen molar-refractivity contribution in [3.8, 4) is 11.5 Å². The highest BCUT2D eigenvalue weighted by atomic mass is 19.1. The number of nitrogens with one attached hydrogen (secondary N) is 1. The minimum atomic E-state index is -0.951. The number of anilines is 1. The molecule has 0 bridgehead atoms. The molecule has 1 aliphatic rings. The molecule has 3 rings (SSSR count). The number of rotatable bonds is 6. The summed E-state index contributed by atoms with van der Waals surface area (Å²) in [7, 11) is 2.84. The zero-order valence-corrected chi connectivity index (χ0v) is 15.1. The van der Waals surface area contributed by atoms with E-state index in [4.69, 9.17) is 19.9 Å². The molecule has 146 valence electrons. The van der Waals surface area contributed by atoms with Crippen molar-refractivity contribution in [3.63, 3.8) is 0 Å². The van der Waals surface area contributed by atoms with E-state index in [-0.39, 0.29) is 29.0 Å². The van der Waals surface area contributed by atoms with Gasteiger partial charge in [-0.2, -0.15) is 0 Å². The number of cyclic esters (lactones) is 1. The molecule has 0 unspecified atom stereocenters. The van der Waals surface area contributed by atoms with Crippen LogP contribution in [-0.2, 0) is 9.53 Å². The predicted molar refractivity (Wildman–Crippen MR) is 95.9 cm³/mol. The van der Waals surface area contributed by atoms with E-state index in [1.807, 2.05) is 0 Å². The van der Waals surface area contributed by atoms with E-state index in [1.165, 1.54) is 20.3 Å². The van der Waals surface area contributed by atoms with Gasteiger partial charge in [-0.1, -0.05) is 6.07 Å². The second kappa shape index (κ2) is 7.55. The monoisotopic (exact) mass is 388 g/mol. The van der Waals surface area contributed by atoms with Crippen molar-refractivity contribution < 1.29 is 33.0 Å². The number of methoxy groups -OCH3 is 2. The van der Waals surface area contributed by atoms with Crippen LogP contribution in [0.3, 0.4) is 0 Å². The highest BCUT2D eigenvalue weighted by Gasteiger charge is 2.36. The maximum atomic E-state index is 13.5. The van der Waals surface area contributed by atoms with Gasteiger partial charge < -0.3 is 25.3 Å². The Hall–Kier alpha value is -3.62. The fraction of sp³-hybridized carbons (Fsp3) is 0.211. The average molecular weight is 388 g/mol. The fourth-order valence-corrected chi connectivity index (χ4v) is 3.00. The molecule has 2 amide bonds. The van der Waals surface area contributed by atoms with Crippen molar-refractivity contribution in [2.24, 2.45) is 5.73 Å². The van der Waals surface area contributed by atoms with Gasteiger partial charge in [0.15, 0.2) is 11.5 Å². The van der Waals surface area contributed by atoms with Crippen molar-refractivity contribution >= 4 is 23.5 Å². The van der Waals surface area contributed by atoms with Gasteiger partial charge in [-0.15, -0.1) is 0 Å². The lowest BCUT2D eigenvalue weighted by Crippen LogP contribution is -2.17. The molecule has 2 aromatic rings. The first-order valence-corrected chi connectivity index (χ1v) is 8.20. The summed E-state index contributed by atoms with van der Waals surface area (Å²) in [6, 6.07) is 6.70. The molecule has 2 aromatic carbocycles. The standard InChI is InChI=1S/C19H17FN2O6/c1-26-13-6-4-10-14(28-19(25)16(10)17(13)27-2)8-15(23)22-9-3-5-12(20)11(7-9)18(21)24/h3-7,14H,8H2,1-2H3,(H2,21,24)(H,22,23)/t14-/m1/s1. The van der Waals surface area contributed by atoms with Crippen molar-refractivity contribution in [1.82, 2.24) is 0 Å². The number of ether oxygens (including phenoxy) is 3. The molecule has 1 aliphatic heterocycles. The second-order valence-electron chi connectivity index (χ2n) is 5.97. The molecule has 0 spiro atoms. The first-order valence-electron chi connectivity index (χ1n) is 8.20. The van der Waals surface area contributed by atoms with Crippen LogP contribution in [-0.4, -0.2) is 32.0 Å². The number of carbonyl (C=O) groups excluding carboxylic acids is 3. The van der Waals surface area contributed by atoms with Crippen LogP contribution in [0.25, 0.3) is 0 Å². The van der Waals surface area contributed by atoms with E-state index in [0.29, 0.717) is 11.3 Å². The summed E-state index contributed by atoms with van der Waals surface area (Å²) < 4.78 is 29.2. The number of hydrogen-bond acceptors (Lipinski definition) is 6. The third-order valence-corrected chi connectivity index (χ3v) is 4.26.